The molecule has 1 aliphatic heterocycles. The summed E-state index contributed by atoms with van der Waals surface area (Å²) in [6, 6.07) is 3.90. The zero-order valence-electron chi connectivity index (χ0n) is 12.9. The Morgan fingerprint density at radius 1 is 1.18 bits per heavy atom. The second-order valence-corrected chi connectivity index (χ2v) is 5.72. The fourth-order valence-corrected chi connectivity index (χ4v) is 2.72. The SMILES string of the molecule is O=[N+]([O-])c1ccc(OCCCCCN2CCCCC2)c(O)c1. The topological polar surface area (TPSA) is 75.8 Å². The van der Waals surface area contributed by atoms with Crippen molar-refractivity contribution in [3.05, 3.63) is 28.3 Å². The van der Waals surface area contributed by atoms with Crippen molar-refractivity contribution in [2.75, 3.05) is 26.2 Å². The highest BCUT2D eigenvalue weighted by Gasteiger charge is 2.11. The quantitative estimate of drug-likeness (QED) is 0.453. The Hall–Kier alpha value is -1.82. The predicted octanol–water partition coefficient (Wildman–Crippen LogP) is 3.34. The summed E-state index contributed by atoms with van der Waals surface area (Å²) in [5.41, 5.74) is -0.133. The average Bonchev–Trinajstić information content (AvgIpc) is 2.52. The van der Waals surface area contributed by atoms with Crippen LogP contribution in [0.2, 0.25) is 0 Å². The standard InChI is InChI=1S/C16H24N2O4/c19-15-13-14(18(20)21)7-8-16(15)22-12-6-2-5-11-17-9-3-1-4-10-17/h7-8,13,19H,1-6,9-12H2. The van der Waals surface area contributed by atoms with Crippen molar-refractivity contribution < 1.29 is 14.8 Å². The van der Waals surface area contributed by atoms with Crippen molar-refractivity contribution >= 4 is 5.69 Å². The molecule has 6 heteroatoms. The summed E-state index contributed by atoms with van der Waals surface area (Å²) in [5.74, 6) is 0.129. The zero-order chi connectivity index (χ0) is 15.8. The molecule has 6 nitrogen and oxygen atoms in total. The number of nitro groups is 1. The van der Waals surface area contributed by atoms with Gasteiger partial charge in [-0.3, -0.25) is 10.1 Å². The van der Waals surface area contributed by atoms with Gasteiger partial charge in [-0.25, -0.2) is 0 Å². The van der Waals surface area contributed by atoms with Gasteiger partial charge in [0.25, 0.3) is 5.69 Å². The number of non-ortho nitro benzene ring substituents is 1. The summed E-state index contributed by atoms with van der Waals surface area (Å²) < 4.78 is 5.48. The van der Waals surface area contributed by atoms with E-state index < -0.39 is 4.92 Å². The number of hydrogen-bond acceptors (Lipinski definition) is 5. The minimum absolute atomic E-state index is 0.133. The number of aromatic hydroxyl groups is 1. The van der Waals surface area contributed by atoms with E-state index in [-0.39, 0.29) is 11.4 Å². The first-order chi connectivity index (χ1) is 10.7. The van der Waals surface area contributed by atoms with Gasteiger partial charge >= 0.3 is 0 Å². The number of phenolic OH excluding ortho intramolecular Hbond substituents is 1. The van der Waals surface area contributed by atoms with Crippen molar-refractivity contribution in [3.63, 3.8) is 0 Å². The summed E-state index contributed by atoms with van der Waals surface area (Å²) in [6.45, 7) is 4.13. The van der Waals surface area contributed by atoms with E-state index in [0.717, 1.165) is 31.9 Å². The van der Waals surface area contributed by atoms with Gasteiger partial charge in [0.2, 0.25) is 0 Å². The number of piperidine rings is 1. The van der Waals surface area contributed by atoms with Crippen molar-refractivity contribution in [1.29, 1.82) is 0 Å². The monoisotopic (exact) mass is 308 g/mol. The molecule has 0 radical (unpaired) electrons. The third-order valence-corrected chi connectivity index (χ3v) is 3.98. The first kappa shape index (κ1) is 16.5. The number of phenols is 1. The molecular weight excluding hydrogens is 284 g/mol. The van der Waals surface area contributed by atoms with Crippen molar-refractivity contribution in [2.24, 2.45) is 0 Å². The Bertz CT molecular complexity index is 487. The van der Waals surface area contributed by atoms with E-state index in [0.29, 0.717) is 12.4 Å². The van der Waals surface area contributed by atoms with Gasteiger partial charge in [-0.1, -0.05) is 6.42 Å². The fourth-order valence-electron chi connectivity index (χ4n) is 2.72. The first-order valence-electron chi connectivity index (χ1n) is 7.99. The molecule has 0 saturated carbocycles. The number of likely N-dealkylation sites (tertiary alicyclic amines) is 1. The van der Waals surface area contributed by atoms with Gasteiger partial charge in [0.1, 0.15) is 0 Å². The number of nitrogens with zero attached hydrogens (tertiary/aromatic N) is 2. The van der Waals surface area contributed by atoms with Crippen LogP contribution in [-0.4, -0.2) is 41.2 Å². The molecule has 1 saturated heterocycles. The number of benzene rings is 1. The fraction of sp³-hybridized carbons (Fsp3) is 0.625. The van der Waals surface area contributed by atoms with E-state index in [1.165, 1.54) is 44.5 Å². The van der Waals surface area contributed by atoms with Crippen molar-refractivity contribution in [1.82, 2.24) is 4.90 Å². The van der Waals surface area contributed by atoms with Crippen LogP contribution in [0.4, 0.5) is 5.69 Å². The van der Waals surface area contributed by atoms with Crippen LogP contribution in [0.15, 0.2) is 18.2 Å². The van der Waals surface area contributed by atoms with E-state index >= 15 is 0 Å². The van der Waals surface area contributed by atoms with Crippen LogP contribution < -0.4 is 4.74 Å². The van der Waals surface area contributed by atoms with Gasteiger partial charge in [-0.2, -0.15) is 0 Å². The molecule has 1 heterocycles. The minimum atomic E-state index is -0.538. The molecule has 1 fully saturated rings. The first-order valence-corrected chi connectivity index (χ1v) is 7.99. The molecule has 1 N–H and O–H groups in total. The average molecular weight is 308 g/mol. The molecule has 1 aliphatic rings. The summed E-state index contributed by atoms with van der Waals surface area (Å²) >= 11 is 0. The van der Waals surface area contributed by atoms with Gasteiger partial charge < -0.3 is 14.7 Å². The van der Waals surface area contributed by atoms with Crippen LogP contribution in [-0.2, 0) is 0 Å². The number of hydrogen-bond donors (Lipinski definition) is 1. The summed E-state index contributed by atoms with van der Waals surface area (Å²) in [5, 5.41) is 20.3. The molecule has 22 heavy (non-hydrogen) atoms. The van der Waals surface area contributed by atoms with Gasteiger partial charge in [0.15, 0.2) is 11.5 Å². The van der Waals surface area contributed by atoms with Crippen LogP contribution in [0.3, 0.4) is 0 Å². The van der Waals surface area contributed by atoms with Crippen molar-refractivity contribution in [2.45, 2.75) is 38.5 Å². The minimum Gasteiger partial charge on any atom is -0.504 e. The van der Waals surface area contributed by atoms with Crippen LogP contribution >= 0.6 is 0 Å². The Morgan fingerprint density at radius 2 is 1.95 bits per heavy atom. The summed E-state index contributed by atoms with van der Waals surface area (Å²) in [7, 11) is 0. The normalized spacial score (nSPS) is 15.6. The van der Waals surface area contributed by atoms with Crippen LogP contribution in [0, 0.1) is 10.1 Å². The Balaban J connectivity index is 1.61. The Labute approximate surface area is 130 Å². The molecule has 0 spiro atoms. The Kier molecular flexibility index (Phi) is 6.45. The molecule has 0 unspecified atom stereocenters. The maximum atomic E-state index is 10.6. The summed E-state index contributed by atoms with van der Waals surface area (Å²) in [4.78, 5) is 12.6. The smallest absolute Gasteiger partial charge is 0.273 e. The molecule has 2 rings (SSSR count). The van der Waals surface area contributed by atoms with E-state index in [1.807, 2.05) is 0 Å². The Morgan fingerprint density at radius 3 is 2.64 bits per heavy atom. The third-order valence-electron chi connectivity index (χ3n) is 3.98. The highest BCUT2D eigenvalue weighted by Crippen LogP contribution is 2.30. The highest BCUT2D eigenvalue weighted by atomic mass is 16.6. The van der Waals surface area contributed by atoms with Crippen LogP contribution in [0.5, 0.6) is 11.5 Å². The molecule has 0 amide bonds. The second-order valence-electron chi connectivity index (χ2n) is 5.72. The lowest BCUT2D eigenvalue weighted by atomic mass is 10.1. The van der Waals surface area contributed by atoms with Gasteiger partial charge in [-0.15, -0.1) is 0 Å². The van der Waals surface area contributed by atoms with Gasteiger partial charge in [0.05, 0.1) is 17.6 Å². The zero-order valence-corrected chi connectivity index (χ0v) is 12.9. The second kappa shape index (κ2) is 8.58. The number of rotatable bonds is 8. The van der Waals surface area contributed by atoms with Gasteiger partial charge in [0, 0.05) is 6.07 Å². The number of nitro benzene ring substituents is 1. The van der Waals surface area contributed by atoms with E-state index in [1.54, 1.807) is 0 Å². The highest BCUT2D eigenvalue weighted by molar-refractivity contribution is 5.47. The van der Waals surface area contributed by atoms with E-state index in [9.17, 15) is 15.2 Å². The maximum Gasteiger partial charge on any atom is 0.273 e. The molecule has 1 aromatic rings. The molecule has 0 aromatic heterocycles. The lowest BCUT2D eigenvalue weighted by Crippen LogP contribution is -2.30. The van der Waals surface area contributed by atoms with Crippen molar-refractivity contribution in [3.8, 4) is 11.5 Å². The molecule has 1 aromatic carbocycles. The molecule has 0 aliphatic carbocycles. The summed E-state index contributed by atoms with van der Waals surface area (Å²) in [6.07, 6.45) is 7.18. The lowest BCUT2D eigenvalue weighted by Gasteiger charge is -2.26. The number of ether oxygens (including phenoxy) is 1. The van der Waals surface area contributed by atoms with E-state index in [4.69, 9.17) is 4.74 Å². The van der Waals surface area contributed by atoms with Gasteiger partial charge in [-0.05, 0) is 57.8 Å². The van der Waals surface area contributed by atoms with Crippen LogP contribution in [0.25, 0.3) is 0 Å². The largest absolute Gasteiger partial charge is 0.504 e. The lowest BCUT2D eigenvalue weighted by molar-refractivity contribution is -0.385. The molecule has 0 bridgehead atoms. The predicted molar refractivity (Wildman–Crippen MR) is 84.4 cm³/mol. The maximum absolute atomic E-state index is 10.6. The number of unbranched alkanes of at least 4 members (excludes halogenated alkanes) is 2. The third kappa shape index (κ3) is 5.18. The molecular formula is C16H24N2O4. The van der Waals surface area contributed by atoms with E-state index in [2.05, 4.69) is 4.90 Å². The van der Waals surface area contributed by atoms with Crippen LogP contribution in [0.1, 0.15) is 38.5 Å². The molecule has 122 valence electrons. The molecule has 0 atom stereocenters.